The third kappa shape index (κ3) is 2.80. The maximum absolute atomic E-state index is 12.5. The molecular formula is C16H23N3O4S. The van der Waals surface area contributed by atoms with Crippen LogP contribution in [-0.4, -0.2) is 43.2 Å². The first kappa shape index (κ1) is 18.4. The van der Waals surface area contributed by atoms with Crippen molar-refractivity contribution in [3.05, 3.63) is 29.3 Å². The maximum Gasteiger partial charge on any atom is 0.268 e. The second-order valence-electron chi connectivity index (χ2n) is 5.83. The van der Waals surface area contributed by atoms with Crippen molar-refractivity contribution in [1.82, 2.24) is 9.62 Å². The van der Waals surface area contributed by atoms with Gasteiger partial charge in [0.1, 0.15) is 4.90 Å². The van der Waals surface area contributed by atoms with Crippen LogP contribution in [0.3, 0.4) is 0 Å². The molecule has 0 radical (unpaired) electrons. The van der Waals surface area contributed by atoms with Crippen molar-refractivity contribution in [3.8, 4) is 0 Å². The van der Waals surface area contributed by atoms with Gasteiger partial charge in [-0.05, 0) is 38.0 Å². The standard InChI is InChI=1S/C16H23N3O4S/c1-4-16(5-2,10-17)18-14(20)11-7-8-12-13(9-11)24(22,23)19(6-3)15(12)21/h7-9H,4-6,10,17H2,1-3H3,(H,18,20). The minimum atomic E-state index is -3.88. The molecule has 1 aromatic carbocycles. The summed E-state index contributed by atoms with van der Waals surface area (Å²) in [4.78, 5) is 24.5. The summed E-state index contributed by atoms with van der Waals surface area (Å²) in [6.45, 7) is 5.80. The Labute approximate surface area is 142 Å². The summed E-state index contributed by atoms with van der Waals surface area (Å²) in [7, 11) is -3.88. The van der Waals surface area contributed by atoms with Gasteiger partial charge in [-0.1, -0.05) is 13.8 Å². The normalized spacial score (nSPS) is 16.2. The zero-order valence-electron chi connectivity index (χ0n) is 14.1. The van der Waals surface area contributed by atoms with E-state index in [4.69, 9.17) is 5.73 Å². The van der Waals surface area contributed by atoms with E-state index in [0.717, 1.165) is 4.31 Å². The smallest absolute Gasteiger partial charge is 0.268 e. The average molecular weight is 353 g/mol. The Morgan fingerprint density at radius 3 is 2.38 bits per heavy atom. The minimum absolute atomic E-state index is 0.0549. The number of hydrogen-bond acceptors (Lipinski definition) is 5. The van der Waals surface area contributed by atoms with E-state index < -0.39 is 27.4 Å². The number of fused-ring (bicyclic) bond motifs is 1. The minimum Gasteiger partial charge on any atom is -0.345 e. The molecule has 0 fully saturated rings. The molecule has 8 heteroatoms. The van der Waals surface area contributed by atoms with Crippen LogP contribution in [0.2, 0.25) is 0 Å². The molecule has 0 saturated heterocycles. The molecule has 1 aliphatic heterocycles. The lowest BCUT2D eigenvalue weighted by Gasteiger charge is -2.31. The zero-order valence-corrected chi connectivity index (χ0v) is 14.9. The van der Waals surface area contributed by atoms with Crippen molar-refractivity contribution in [3.63, 3.8) is 0 Å². The molecular weight excluding hydrogens is 330 g/mol. The first-order chi connectivity index (χ1) is 11.3. The van der Waals surface area contributed by atoms with E-state index in [1.54, 1.807) is 6.92 Å². The van der Waals surface area contributed by atoms with Crippen molar-refractivity contribution >= 4 is 21.8 Å². The molecule has 0 saturated carbocycles. The van der Waals surface area contributed by atoms with Gasteiger partial charge in [-0.2, -0.15) is 0 Å². The fourth-order valence-electron chi connectivity index (χ4n) is 2.81. The van der Waals surface area contributed by atoms with Crippen molar-refractivity contribution < 1.29 is 18.0 Å². The second kappa shape index (κ2) is 6.52. The molecule has 132 valence electrons. The van der Waals surface area contributed by atoms with Gasteiger partial charge < -0.3 is 11.1 Å². The number of carbonyl (C=O) groups is 2. The van der Waals surface area contributed by atoms with Gasteiger partial charge in [0.2, 0.25) is 0 Å². The fourth-order valence-corrected chi connectivity index (χ4v) is 4.41. The van der Waals surface area contributed by atoms with E-state index in [0.29, 0.717) is 12.8 Å². The lowest BCUT2D eigenvalue weighted by Crippen LogP contribution is -2.52. The monoisotopic (exact) mass is 353 g/mol. The Morgan fingerprint density at radius 2 is 1.88 bits per heavy atom. The Morgan fingerprint density at radius 1 is 1.25 bits per heavy atom. The Kier molecular flexibility index (Phi) is 5.00. The van der Waals surface area contributed by atoms with Crippen LogP contribution in [0.25, 0.3) is 0 Å². The van der Waals surface area contributed by atoms with Gasteiger partial charge in [0.15, 0.2) is 0 Å². The van der Waals surface area contributed by atoms with Gasteiger partial charge in [-0.3, -0.25) is 9.59 Å². The molecule has 1 heterocycles. The van der Waals surface area contributed by atoms with Crippen molar-refractivity contribution in [2.45, 2.75) is 44.0 Å². The lowest BCUT2D eigenvalue weighted by molar-refractivity contribution is 0.0870. The third-order valence-corrected chi connectivity index (χ3v) is 6.58. The highest BCUT2D eigenvalue weighted by molar-refractivity contribution is 7.90. The van der Waals surface area contributed by atoms with E-state index in [-0.39, 0.29) is 29.1 Å². The Bertz CT molecular complexity index is 761. The highest BCUT2D eigenvalue weighted by Crippen LogP contribution is 2.31. The number of nitrogens with zero attached hydrogens (tertiary/aromatic N) is 1. The first-order valence-electron chi connectivity index (χ1n) is 8.00. The number of sulfonamides is 1. The quantitative estimate of drug-likeness (QED) is 0.796. The summed E-state index contributed by atoms with van der Waals surface area (Å²) in [6, 6.07) is 4.12. The number of rotatable bonds is 6. The summed E-state index contributed by atoms with van der Waals surface area (Å²) in [6.07, 6.45) is 1.33. The summed E-state index contributed by atoms with van der Waals surface area (Å²) in [5, 5.41) is 2.89. The largest absolute Gasteiger partial charge is 0.345 e. The SMILES string of the molecule is CCN1C(=O)c2ccc(C(=O)NC(CC)(CC)CN)cc2S1(=O)=O. The van der Waals surface area contributed by atoms with Crippen LogP contribution in [0, 0.1) is 0 Å². The van der Waals surface area contributed by atoms with Crippen LogP contribution in [0.1, 0.15) is 54.3 Å². The molecule has 24 heavy (non-hydrogen) atoms. The molecule has 0 aliphatic carbocycles. The van der Waals surface area contributed by atoms with E-state index in [1.165, 1.54) is 18.2 Å². The highest BCUT2D eigenvalue weighted by Gasteiger charge is 2.40. The van der Waals surface area contributed by atoms with E-state index >= 15 is 0 Å². The molecule has 0 atom stereocenters. The lowest BCUT2D eigenvalue weighted by atomic mass is 9.92. The van der Waals surface area contributed by atoms with Gasteiger partial charge in [0.05, 0.1) is 11.1 Å². The van der Waals surface area contributed by atoms with Gasteiger partial charge in [-0.15, -0.1) is 0 Å². The van der Waals surface area contributed by atoms with Crippen molar-refractivity contribution in [2.24, 2.45) is 5.73 Å². The van der Waals surface area contributed by atoms with Crippen LogP contribution in [-0.2, 0) is 10.0 Å². The van der Waals surface area contributed by atoms with Gasteiger partial charge >= 0.3 is 0 Å². The molecule has 2 rings (SSSR count). The van der Waals surface area contributed by atoms with Crippen LogP contribution >= 0.6 is 0 Å². The second-order valence-corrected chi connectivity index (χ2v) is 7.66. The molecule has 0 spiro atoms. The van der Waals surface area contributed by atoms with E-state index in [2.05, 4.69) is 5.32 Å². The van der Waals surface area contributed by atoms with Gasteiger partial charge in [0, 0.05) is 18.7 Å². The van der Waals surface area contributed by atoms with Crippen LogP contribution in [0.15, 0.2) is 23.1 Å². The predicted molar refractivity (Wildman–Crippen MR) is 90.2 cm³/mol. The van der Waals surface area contributed by atoms with Crippen LogP contribution in [0.5, 0.6) is 0 Å². The zero-order chi connectivity index (χ0) is 18.1. The van der Waals surface area contributed by atoms with Crippen molar-refractivity contribution in [1.29, 1.82) is 0 Å². The Hall–Kier alpha value is -1.93. The van der Waals surface area contributed by atoms with E-state index in [1.807, 2.05) is 13.8 Å². The molecule has 0 unspecified atom stereocenters. The van der Waals surface area contributed by atoms with Crippen LogP contribution < -0.4 is 11.1 Å². The molecule has 1 aliphatic rings. The van der Waals surface area contributed by atoms with Crippen LogP contribution in [0.4, 0.5) is 0 Å². The summed E-state index contributed by atoms with van der Waals surface area (Å²) in [5.41, 5.74) is 5.55. The fraction of sp³-hybridized carbons (Fsp3) is 0.500. The molecule has 7 nitrogen and oxygen atoms in total. The molecule has 1 aromatic rings. The molecule has 3 N–H and O–H groups in total. The maximum atomic E-state index is 12.5. The summed E-state index contributed by atoms with van der Waals surface area (Å²) >= 11 is 0. The molecule has 0 bridgehead atoms. The molecule has 0 aromatic heterocycles. The highest BCUT2D eigenvalue weighted by atomic mass is 32.2. The molecule has 2 amide bonds. The number of carbonyl (C=O) groups excluding carboxylic acids is 2. The Balaban J connectivity index is 2.40. The number of amides is 2. The van der Waals surface area contributed by atoms with Crippen molar-refractivity contribution in [2.75, 3.05) is 13.1 Å². The average Bonchev–Trinajstić information content (AvgIpc) is 2.78. The number of benzene rings is 1. The van der Waals surface area contributed by atoms with E-state index in [9.17, 15) is 18.0 Å². The number of hydrogen-bond donors (Lipinski definition) is 2. The summed E-state index contributed by atoms with van der Waals surface area (Å²) in [5.74, 6) is -0.956. The predicted octanol–water partition coefficient (Wildman–Crippen LogP) is 1.10. The summed E-state index contributed by atoms with van der Waals surface area (Å²) < 4.78 is 25.6. The first-order valence-corrected chi connectivity index (χ1v) is 9.44. The number of nitrogens with one attached hydrogen (secondary N) is 1. The number of nitrogens with two attached hydrogens (primary N) is 1. The van der Waals surface area contributed by atoms with Gasteiger partial charge in [-0.25, -0.2) is 12.7 Å². The van der Waals surface area contributed by atoms with Gasteiger partial charge in [0.25, 0.3) is 21.8 Å². The third-order valence-electron chi connectivity index (χ3n) is 4.68. The topological polar surface area (TPSA) is 110 Å².